The van der Waals surface area contributed by atoms with E-state index in [1.807, 2.05) is 18.2 Å². The van der Waals surface area contributed by atoms with Crippen molar-refractivity contribution in [2.75, 3.05) is 36.0 Å². The fourth-order valence-electron chi connectivity index (χ4n) is 5.06. The highest BCUT2D eigenvalue weighted by Gasteiger charge is 2.43. The number of piperazine rings is 1. The summed E-state index contributed by atoms with van der Waals surface area (Å²) in [6, 6.07) is 13.3. The molecule has 2 aromatic rings. The standard InChI is InChI=1S/C25H25F3N4O/c26-25(27,28)19-7-8-22-18(11-19)12-20(24(33)30-14-16-5-6-16)23-15-31(9-10-32(22)23)21-4-2-1-3-17(21)13-29/h1-4,7-8,11,16,20,23H,5-6,9-10,12,14-15H2,(H,30,33)/t20-,23-/m0/s1. The summed E-state index contributed by atoms with van der Waals surface area (Å²) in [6.45, 7) is 2.33. The van der Waals surface area contributed by atoms with Gasteiger partial charge in [-0.05, 0) is 61.1 Å². The first kappa shape index (κ1) is 21.6. The third-order valence-electron chi connectivity index (χ3n) is 7.00. The van der Waals surface area contributed by atoms with Gasteiger partial charge >= 0.3 is 6.18 Å². The Hall–Kier alpha value is -3.21. The van der Waals surface area contributed by atoms with Crippen LogP contribution < -0.4 is 15.1 Å². The summed E-state index contributed by atoms with van der Waals surface area (Å²) in [5.41, 5.74) is 2.06. The van der Waals surface area contributed by atoms with Crippen LogP contribution in [0.1, 0.15) is 29.5 Å². The van der Waals surface area contributed by atoms with Crippen LogP contribution in [-0.4, -0.2) is 38.1 Å². The average molecular weight is 454 g/mol. The zero-order valence-electron chi connectivity index (χ0n) is 18.1. The van der Waals surface area contributed by atoms with Crippen LogP contribution in [0.3, 0.4) is 0 Å². The third-order valence-corrected chi connectivity index (χ3v) is 7.00. The van der Waals surface area contributed by atoms with E-state index in [-0.39, 0.29) is 18.4 Å². The molecular formula is C25H25F3N4O. The summed E-state index contributed by atoms with van der Waals surface area (Å²) < 4.78 is 40.0. The maximum atomic E-state index is 13.3. The molecule has 2 atom stereocenters. The summed E-state index contributed by atoms with van der Waals surface area (Å²) in [4.78, 5) is 17.4. The Balaban J connectivity index is 1.47. The second kappa shape index (κ2) is 8.29. The van der Waals surface area contributed by atoms with Crippen molar-refractivity contribution in [1.29, 1.82) is 5.26 Å². The van der Waals surface area contributed by atoms with Crippen LogP contribution in [0, 0.1) is 23.2 Å². The number of hydrogen-bond acceptors (Lipinski definition) is 4. The number of hydrogen-bond donors (Lipinski definition) is 1. The molecule has 2 aromatic carbocycles. The van der Waals surface area contributed by atoms with Gasteiger partial charge in [0.2, 0.25) is 5.91 Å². The van der Waals surface area contributed by atoms with E-state index in [0.717, 1.165) is 30.3 Å². The van der Waals surface area contributed by atoms with Crippen molar-refractivity contribution in [1.82, 2.24) is 5.32 Å². The molecule has 1 amide bonds. The Morgan fingerprint density at radius 3 is 2.64 bits per heavy atom. The van der Waals surface area contributed by atoms with Gasteiger partial charge in [-0.15, -0.1) is 0 Å². The zero-order chi connectivity index (χ0) is 23.2. The number of rotatable bonds is 4. The quantitative estimate of drug-likeness (QED) is 0.760. The van der Waals surface area contributed by atoms with Crippen molar-refractivity contribution in [3.05, 3.63) is 59.2 Å². The highest BCUT2D eigenvalue weighted by molar-refractivity contribution is 5.82. The molecule has 5 nitrogen and oxygen atoms in total. The van der Waals surface area contributed by atoms with Gasteiger partial charge in [0.25, 0.3) is 0 Å². The summed E-state index contributed by atoms with van der Waals surface area (Å²) in [5, 5.41) is 12.6. The minimum atomic E-state index is -4.42. The topological polar surface area (TPSA) is 59.4 Å². The van der Waals surface area contributed by atoms with Gasteiger partial charge in [0.1, 0.15) is 6.07 Å². The van der Waals surface area contributed by atoms with Gasteiger partial charge < -0.3 is 15.1 Å². The molecule has 0 radical (unpaired) electrons. The SMILES string of the molecule is N#Cc1ccccc1N1CCN2c3ccc(C(F)(F)F)cc3C[C@H](C(=O)NCC3CC3)[C@@H]2C1. The number of carbonyl (C=O) groups is 1. The van der Waals surface area contributed by atoms with Crippen LogP contribution >= 0.6 is 0 Å². The molecule has 2 aliphatic heterocycles. The summed E-state index contributed by atoms with van der Waals surface area (Å²) in [6.07, 6.45) is -1.94. The molecule has 1 aliphatic carbocycles. The first-order valence-electron chi connectivity index (χ1n) is 11.3. The van der Waals surface area contributed by atoms with E-state index in [1.54, 1.807) is 12.1 Å². The van der Waals surface area contributed by atoms with Crippen molar-refractivity contribution < 1.29 is 18.0 Å². The van der Waals surface area contributed by atoms with Crippen molar-refractivity contribution in [3.63, 3.8) is 0 Å². The molecule has 3 aliphatic rings. The molecule has 0 unspecified atom stereocenters. The second-order valence-electron chi connectivity index (χ2n) is 9.18. The molecule has 5 rings (SSSR count). The Labute approximate surface area is 190 Å². The van der Waals surface area contributed by atoms with Crippen LogP contribution in [-0.2, 0) is 17.4 Å². The highest BCUT2D eigenvalue weighted by Crippen LogP contribution is 2.40. The predicted molar refractivity (Wildman–Crippen MR) is 119 cm³/mol. The number of amides is 1. The lowest BCUT2D eigenvalue weighted by atomic mass is 9.82. The molecule has 1 saturated heterocycles. The molecule has 0 aromatic heterocycles. The number of nitrogens with zero attached hydrogens (tertiary/aromatic N) is 3. The number of carbonyl (C=O) groups excluding carboxylic acids is 1. The monoisotopic (exact) mass is 454 g/mol. The molecule has 2 fully saturated rings. The second-order valence-corrected chi connectivity index (χ2v) is 9.18. The van der Waals surface area contributed by atoms with Gasteiger partial charge in [-0.25, -0.2) is 0 Å². The third kappa shape index (κ3) is 4.24. The average Bonchev–Trinajstić information content (AvgIpc) is 3.65. The number of nitriles is 1. The molecule has 33 heavy (non-hydrogen) atoms. The van der Waals surface area contributed by atoms with E-state index >= 15 is 0 Å². The van der Waals surface area contributed by atoms with Gasteiger partial charge in [-0.2, -0.15) is 18.4 Å². The van der Waals surface area contributed by atoms with Crippen LogP contribution in [0.4, 0.5) is 24.5 Å². The minimum absolute atomic E-state index is 0.101. The molecule has 0 bridgehead atoms. The summed E-state index contributed by atoms with van der Waals surface area (Å²) in [7, 11) is 0. The zero-order valence-corrected chi connectivity index (χ0v) is 18.1. The van der Waals surface area contributed by atoms with Crippen molar-refractivity contribution >= 4 is 17.3 Å². The predicted octanol–water partition coefficient (Wildman–Crippen LogP) is 3.97. The van der Waals surface area contributed by atoms with Crippen molar-refractivity contribution in [2.45, 2.75) is 31.5 Å². The largest absolute Gasteiger partial charge is 0.416 e. The van der Waals surface area contributed by atoms with Gasteiger partial charge in [-0.1, -0.05) is 12.1 Å². The number of fused-ring (bicyclic) bond motifs is 3. The summed E-state index contributed by atoms with van der Waals surface area (Å²) in [5.74, 6) is -0.0460. The number of alkyl halides is 3. The fourth-order valence-corrected chi connectivity index (χ4v) is 5.06. The maximum absolute atomic E-state index is 13.3. The van der Waals surface area contributed by atoms with Crippen molar-refractivity contribution in [3.8, 4) is 6.07 Å². The molecule has 172 valence electrons. The van der Waals surface area contributed by atoms with E-state index < -0.39 is 17.7 Å². The lowest BCUT2D eigenvalue weighted by molar-refractivity contribution is -0.137. The Bertz CT molecular complexity index is 1110. The van der Waals surface area contributed by atoms with E-state index in [4.69, 9.17) is 0 Å². The molecule has 1 saturated carbocycles. The number of halogens is 3. The molecule has 2 heterocycles. The van der Waals surface area contributed by atoms with Gasteiger partial charge in [0.05, 0.1) is 28.8 Å². The Kier molecular flexibility index (Phi) is 5.43. The number of nitrogens with one attached hydrogen (secondary N) is 1. The van der Waals surface area contributed by atoms with Crippen molar-refractivity contribution in [2.24, 2.45) is 11.8 Å². The van der Waals surface area contributed by atoms with Crippen LogP contribution in [0.5, 0.6) is 0 Å². The van der Waals surface area contributed by atoms with Crippen LogP contribution in [0.25, 0.3) is 0 Å². The van der Waals surface area contributed by atoms with Gasteiger partial charge in [-0.3, -0.25) is 4.79 Å². The maximum Gasteiger partial charge on any atom is 0.416 e. The van der Waals surface area contributed by atoms with E-state index in [9.17, 15) is 23.2 Å². The number of para-hydroxylation sites is 1. The first-order chi connectivity index (χ1) is 15.8. The molecule has 0 spiro atoms. The lowest BCUT2D eigenvalue weighted by Gasteiger charge is -2.50. The first-order valence-corrected chi connectivity index (χ1v) is 11.3. The van der Waals surface area contributed by atoms with E-state index in [2.05, 4.69) is 21.2 Å². The Morgan fingerprint density at radius 2 is 1.91 bits per heavy atom. The smallest absolute Gasteiger partial charge is 0.367 e. The molecular weight excluding hydrogens is 429 g/mol. The summed E-state index contributed by atoms with van der Waals surface area (Å²) >= 11 is 0. The van der Waals surface area contributed by atoms with Crippen LogP contribution in [0.2, 0.25) is 0 Å². The minimum Gasteiger partial charge on any atom is -0.367 e. The number of anilines is 2. The van der Waals surface area contributed by atoms with E-state index in [1.165, 1.54) is 6.07 Å². The van der Waals surface area contributed by atoms with Gasteiger partial charge in [0.15, 0.2) is 0 Å². The lowest BCUT2D eigenvalue weighted by Crippen LogP contribution is -2.61. The van der Waals surface area contributed by atoms with Crippen LogP contribution in [0.15, 0.2) is 42.5 Å². The fraction of sp³-hybridized carbons (Fsp3) is 0.440. The highest BCUT2D eigenvalue weighted by atomic mass is 19.4. The van der Waals surface area contributed by atoms with E-state index in [0.29, 0.717) is 43.2 Å². The van der Waals surface area contributed by atoms with Gasteiger partial charge in [0, 0.05) is 31.9 Å². The molecule has 1 N–H and O–H groups in total. The number of benzene rings is 2. The Morgan fingerprint density at radius 1 is 1.12 bits per heavy atom. The normalized spacial score (nSPS) is 22.2. The molecule has 8 heteroatoms.